The van der Waals surface area contributed by atoms with E-state index in [1.165, 1.54) is 0 Å². The van der Waals surface area contributed by atoms with Gasteiger partial charge in [0, 0.05) is 24.3 Å². The molecule has 0 N–H and O–H groups in total. The highest BCUT2D eigenvalue weighted by Gasteiger charge is 2.17. The second kappa shape index (κ2) is 5.28. The number of ether oxygens (including phenoxy) is 1. The first kappa shape index (κ1) is 10.6. The predicted octanol–water partition coefficient (Wildman–Crippen LogP) is 2.66. The van der Waals surface area contributed by atoms with Crippen LogP contribution in [0.25, 0.3) is 0 Å². The summed E-state index contributed by atoms with van der Waals surface area (Å²) in [5.74, 6) is 1.72. The van der Waals surface area contributed by atoms with E-state index < -0.39 is 0 Å². The van der Waals surface area contributed by atoms with Crippen LogP contribution in [0.2, 0.25) is 0 Å². The van der Waals surface area contributed by atoms with Crippen LogP contribution in [-0.2, 0) is 9.53 Å². The molecule has 1 aliphatic carbocycles. The molecule has 0 amide bonds. The summed E-state index contributed by atoms with van der Waals surface area (Å²) in [6.07, 6.45) is 3.34. The number of rotatable bonds is 4. The van der Waals surface area contributed by atoms with Crippen molar-refractivity contribution in [3.05, 3.63) is 11.3 Å². The molecule has 0 heterocycles. The Morgan fingerprint density at radius 2 is 2.23 bits per heavy atom. The maximum Gasteiger partial charge on any atom is 0.161 e. The molecule has 74 valence electrons. The average molecular weight is 203 g/mol. The Morgan fingerprint density at radius 1 is 1.46 bits per heavy atom. The van der Waals surface area contributed by atoms with Gasteiger partial charge in [0.2, 0.25) is 0 Å². The van der Waals surface area contributed by atoms with Crippen LogP contribution < -0.4 is 0 Å². The smallest absolute Gasteiger partial charge is 0.161 e. The van der Waals surface area contributed by atoms with Crippen LogP contribution in [0, 0.1) is 0 Å². The van der Waals surface area contributed by atoms with Gasteiger partial charge in [-0.2, -0.15) is 0 Å². The molecule has 0 spiro atoms. The van der Waals surface area contributed by atoms with Crippen LogP contribution >= 0.6 is 11.6 Å². The van der Waals surface area contributed by atoms with Crippen molar-refractivity contribution in [3.63, 3.8) is 0 Å². The van der Waals surface area contributed by atoms with Crippen LogP contribution in [0.5, 0.6) is 0 Å². The highest BCUT2D eigenvalue weighted by atomic mass is 35.5. The molecule has 0 aliphatic heterocycles. The standard InChI is InChI=1S/C10H15ClO2/c1-8-9(12)4-2-5-10(8)13-7-3-6-11/h2-7H2,1H3. The van der Waals surface area contributed by atoms with E-state index in [1.807, 2.05) is 6.92 Å². The van der Waals surface area contributed by atoms with E-state index in [-0.39, 0.29) is 5.78 Å². The predicted molar refractivity (Wildman–Crippen MR) is 52.8 cm³/mol. The van der Waals surface area contributed by atoms with Crippen LogP contribution in [0.4, 0.5) is 0 Å². The normalized spacial score (nSPS) is 17.8. The van der Waals surface area contributed by atoms with Crippen molar-refractivity contribution in [1.29, 1.82) is 0 Å². The summed E-state index contributed by atoms with van der Waals surface area (Å²) in [4.78, 5) is 11.3. The number of ketones is 1. The lowest BCUT2D eigenvalue weighted by molar-refractivity contribution is -0.116. The van der Waals surface area contributed by atoms with Gasteiger partial charge in [0.15, 0.2) is 5.78 Å². The van der Waals surface area contributed by atoms with Gasteiger partial charge in [-0.15, -0.1) is 11.6 Å². The summed E-state index contributed by atoms with van der Waals surface area (Å²) >= 11 is 5.52. The van der Waals surface area contributed by atoms with Gasteiger partial charge >= 0.3 is 0 Å². The van der Waals surface area contributed by atoms with Crippen LogP contribution in [0.1, 0.15) is 32.6 Å². The van der Waals surface area contributed by atoms with Crippen molar-refractivity contribution < 1.29 is 9.53 Å². The third kappa shape index (κ3) is 3.03. The molecule has 0 fully saturated rings. The second-order valence-electron chi connectivity index (χ2n) is 3.22. The molecule has 2 nitrogen and oxygen atoms in total. The molecule has 0 aromatic rings. The number of allylic oxidation sites excluding steroid dienone is 2. The highest BCUT2D eigenvalue weighted by molar-refractivity contribution is 6.17. The monoisotopic (exact) mass is 202 g/mol. The lowest BCUT2D eigenvalue weighted by Gasteiger charge is -2.17. The van der Waals surface area contributed by atoms with Crippen LogP contribution in [0.3, 0.4) is 0 Å². The Bertz CT molecular complexity index is 221. The quantitative estimate of drug-likeness (QED) is 0.518. The third-order valence-electron chi connectivity index (χ3n) is 2.20. The fourth-order valence-corrected chi connectivity index (χ4v) is 1.48. The molecule has 0 saturated heterocycles. The summed E-state index contributed by atoms with van der Waals surface area (Å²) in [5.41, 5.74) is 0.806. The fourth-order valence-electron chi connectivity index (χ4n) is 1.37. The number of carbonyl (C=O) groups excluding carboxylic acids is 1. The van der Waals surface area contributed by atoms with Gasteiger partial charge in [-0.3, -0.25) is 4.79 Å². The van der Waals surface area contributed by atoms with E-state index in [9.17, 15) is 4.79 Å². The first-order valence-corrected chi connectivity index (χ1v) is 5.21. The second-order valence-corrected chi connectivity index (χ2v) is 3.59. The van der Waals surface area contributed by atoms with Gasteiger partial charge in [0.1, 0.15) is 5.76 Å². The molecule has 0 saturated carbocycles. The average Bonchev–Trinajstić information content (AvgIpc) is 2.13. The summed E-state index contributed by atoms with van der Waals surface area (Å²) in [6.45, 7) is 2.47. The number of hydrogen-bond acceptors (Lipinski definition) is 2. The number of Topliss-reactive ketones (excluding diaryl/α,β-unsaturated/α-hetero) is 1. The van der Waals surface area contributed by atoms with Crippen LogP contribution in [0.15, 0.2) is 11.3 Å². The van der Waals surface area contributed by atoms with Crippen molar-refractivity contribution in [3.8, 4) is 0 Å². The number of alkyl halides is 1. The Hall–Kier alpha value is -0.500. The largest absolute Gasteiger partial charge is 0.497 e. The molecule has 0 aromatic carbocycles. The van der Waals surface area contributed by atoms with Crippen molar-refractivity contribution in [1.82, 2.24) is 0 Å². The Kier molecular flexibility index (Phi) is 4.29. The van der Waals surface area contributed by atoms with Crippen molar-refractivity contribution in [2.45, 2.75) is 32.6 Å². The molecular weight excluding hydrogens is 188 g/mol. The minimum absolute atomic E-state index is 0.229. The zero-order valence-electron chi connectivity index (χ0n) is 7.94. The molecule has 13 heavy (non-hydrogen) atoms. The summed E-state index contributed by atoms with van der Waals surface area (Å²) in [5, 5.41) is 0. The first-order valence-electron chi connectivity index (χ1n) is 4.67. The zero-order valence-corrected chi connectivity index (χ0v) is 8.69. The topological polar surface area (TPSA) is 26.3 Å². The SMILES string of the molecule is CC1=C(OCCCCl)CCCC1=O. The minimum atomic E-state index is 0.229. The van der Waals surface area contributed by atoms with Crippen molar-refractivity contribution in [2.75, 3.05) is 12.5 Å². The molecule has 1 aliphatic rings. The highest BCUT2D eigenvalue weighted by Crippen LogP contribution is 2.22. The van der Waals surface area contributed by atoms with E-state index in [0.29, 0.717) is 18.9 Å². The molecule has 0 unspecified atom stereocenters. The first-order chi connectivity index (χ1) is 6.25. The van der Waals surface area contributed by atoms with Crippen molar-refractivity contribution in [2.24, 2.45) is 0 Å². The zero-order chi connectivity index (χ0) is 9.68. The summed E-state index contributed by atoms with van der Waals surface area (Å²) < 4.78 is 5.48. The van der Waals surface area contributed by atoms with Crippen molar-refractivity contribution >= 4 is 17.4 Å². The Balaban J connectivity index is 2.46. The summed E-state index contributed by atoms with van der Waals surface area (Å²) in [6, 6.07) is 0. The molecule has 0 atom stereocenters. The van der Waals surface area contributed by atoms with E-state index in [1.54, 1.807) is 0 Å². The van der Waals surface area contributed by atoms with Gasteiger partial charge in [-0.05, 0) is 19.8 Å². The summed E-state index contributed by atoms with van der Waals surface area (Å²) in [7, 11) is 0. The fraction of sp³-hybridized carbons (Fsp3) is 0.700. The number of hydrogen-bond donors (Lipinski definition) is 0. The number of halogens is 1. The molecular formula is C10H15ClO2. The van der Waals surface area contributed by atoms with Gasteiger partial charge in [-0.1, -0.05) is 0 Å². The van der Waals surface area contributed by atoms with E-state index in [2.05, 4.69) is 0 Å². The van der Waals surface area contributed by atoms with Gasteiger partial charge < -0.3 is 4.74 Å². The third-order valence-corrected chi connectivity index (χ3v) is 2.47. The lowest BCUT2D eigenvalue weighted by Crippen LogP contribution is -2.11. The maximum absolute atomic E-state index is 11.3. The molecule has 0 bridgehead atoms. The minimum Gasteiger partial charge on any atom is -0.497 e. The van der Waals surface area contributed by atoms with E-state index >= 15 is 0 Å². The molecule has 0 radical (unpaired) electrons. The Morgan fingerprint density at radius 3 is 2.92 bits per heavy atom. The Labute approximate surface area is 83.9 Å². The molecule has 3 heteroatoms. The maximum atomic E-state index is 11.3. The van der Waals surface area contributed by atoms with Gasteiger partial charge in [-0.25, -0.2) is 0 Å². The van der Waals surface area contributed by atoms with E-state index in [4.69, 9.17) is 16.3 Å². The van der Waals surface area contributed by atoms with Gasteiger partial charge in [0.05, 0.1) is 6.61 Å². The van der Waals surface area contributed by atoms with Crippen LogP contribution in [-0.4, -0.2) is 18.3 Å². The molecule has 0 aromatic heterocycles. The molecule has 1 rings (SSSR count). The van der Waals surface area contributed by atoms with E-state index in [0.717, 1.165) is 30.6 Å². The lowest BCUT2D eigenvalue weighted by atomic mass is 9.98. The number of carbonyl (C=O) groups is 1. The van der Waals surface area contributed by atoms with Gasteiger partial charge in [0.25, 0.3) is 0 Å².